The van der Waals surface area contributed by atoms with E-state index >= 15 is 0 Å². The number of nitrogens with zero attached hydrogens (tertiary/aromatic N) is 5. The van der Waals surface area contributed by atoms with Crippen LogP contribution >= 0.6 is 0 Å². The molecule has 1 fully saturated rings. The number of esters is 1. The molecule has 1 unspecified atom stereocenters. The summed E-state index contributed by atoms with van der Waals surface area (Å²) in [5.41, 5.74) is 1.50. The van der Waals surface area contributed by atoms with Crippen LogP contribution in [0.3, 0.4) is 0 Å². The summed E-state index contributed by atoms with van der Waals surface area (Å²) in [6.07, 6.45) is 3.31. The Labute approximate surface area is 152 Å². The van der Waals surface area contributed by atoms with Gasteiger partial charge >= 0.3 is 5.97 Å². The van der Waals surface area contributed by atoms with E-state index in [9.17, 15) is 4.79 Å². The average Bonchev–Trinajstić information content (AvgIpc) is 3.09. The number of imidazole rings is 1. The average molecular weight is 362 g/mol. The van der Waals surface area contributed by atoms with Crippen molar-refractivity contribution in [1.82, 2.24) is 24.4 Å². The molecule has 2 aromatic rings. The van der Waals surface area contributed by atoms with Crippen molar-refractivity contribution in [3.63, 3.8) is 0 Å². The fraction of sp³-hybridized carbons (Fsp3) is 0.647. The molecule has 2 aromatic heterocycles. The van der Waals surface area contributed by atoms with Crippen molar-refractivity contribution in [3.8, 4) is 0 Å². The van der Waals surface area contributed by atoms with Crippen LogP contribution in [0.2, 0.25) is 0 Å². The Morgan fingerprint density at radius 1 is 1.31 bits per heavy atom. The number of anilines is 1. The molecule has 1 N–H and O–H groups in total. The fourth-order valence-electron chi connectivity index (χ4n) is 2.87. The third kappa shape index (κ3) is 4.47. The molecule has 1 aliphatic heterocycles. The molecule has 0 aromatic carbocycles. The molecule has 0 radical (unpaired) electrons. The van der Waals surface area contributed by atoms with Crippen LogP contribution in [0.25, 0.3) is 11.2 Å². The summed E-state index contributed by atoms with van der Waals surface area (Å²) in [4.78, 5) is 27.2. The molecule has 1 aliphatic rings. The predicted molar refractivity (Wildman–Crippen MR) is 96.9 cm³/mol. The SMILES string of the molecule is CCOC(=O)C(C)CNc1ncnc2c1ncn2CCN1CCOCC1. The first kappa shape index (κ1) is 18.5. The predicted octanol–water partition coefficient (Wildman–Crippen LogP) is 0.770. The number of carbonyl (C=O) groups is 1. The second kappa shape index (κ2) is 8.91. The van der Waals surface area contributed by atoms with Crippen molar-refractivity contribution in [1.29, 1.82) is 0 Å². The molecule has 0 aliphatic carbocycles. The highest BCUT2D eigenvalue weighted by Gasteiger charge is 2.16. The van der Waals surface area contributed by atoms with Crippen LogP contribution in [-0.2, 0) is 20.8 Å². The van der Waals surface area contributed by atoms with Gasteiger partial charge in [-0.25, -0.2) is 15.0 Å². The van der Waals surface area contributed by atoms with Crippen LogP contribution in [0.5, 0.6) is 0 Å². The first-order chi connectivity index (χ1) is 12.7. The number of aromatic nitrogens is 4. The minimum absolute atomic E-state index is 0.221. The van der Waals surface area contributed by atoms with Crippen LogP contribution in [-0.4, -0.2) is 76.4 Å². The van der Waals surface area contributed by atoms with E-state index < -0.39 is 0 Å². The van der Waals surface area contributed by atoms with Gasteiger partial charge in [0, 0.05) is 32.7 Å². The lowest BCUT2D eigenvalue weighted by atomic mass is 10.2. The van der Waals surface area contributed by atoms with Crippen LogP contribution < -0.4 is 5.32 Å². The number of ether oxygens (including phenoxy) is 2. The van der Waals surface area contributed by atoms with E-state index in [1.807, 2.05) is 11.5 Å². The Hall–Kier alpha value is -2.26. The number of rotatable bonds is 8. The fourth-order valence-corrected chi connectivity index (χ4v) is 2.87. The smallest absolute Gasteiger partial charge is 0.310 e. The molecule has 9 nitrogen and oxygen atoms in total. The van der Waals surface area contributed by atoms with Gasteiger partial charge < -0.3 is 19.4 Å². The topological polar surface area (TPSA) is 94.4 Å². The molecule has 142 valence electrons. The number of fused-ring (bicyclic) bond motifs is 1. The minimum Gasteiger partial charge on any atom is -0.466 e. The maximum atomic E-state index is 11.7. The number of hydrogen-bond donors (Lipinski definition) is 1. The van der Waals surface area contributed by atoms with E-state index in [1.165, 1.54) is 6.33 Å². The van der Waals surface area contributed by atoms with Gasteiger partial charge in [-0.2, -0.15) is 0 Å². The van der Waals surface area contributed by atoms with Crippen molar-refractivity contribution >= 4 is 23.0 Å². The Balaban J connectivity index is 1.63. The minimum atomic E-state index is -0.261. The highest BCUT2D eigenvalue weighted by atomic mass is 16.5. The van der Waals surface area contributed by atoms with Crippen LogP contribution in [0, 0.1) is 5.92 Å². The summed E-state index contributed by atoms with van der Waals surface area (Å²) in [7, 11) is 0. The first-order valence-electron chi connectivity index (χ1n) is 9.05. The zero-order chi connectivity index (χ0) is 18.4. The van der Waals surface area contributed by atoms with Crippen LogP contribution in [0.1, 0.15) is 13.8 Å². The lowest BCUT2D eigenvalue weighted by Gasteiger charge is -2.26. The number of hydrogen-bond acceptors (Lipinski definition) is 8. The van der Waals surface area contributed by atoms with Gasteiger partial charge in [0.1, 0.15) is 11.8 Å². The van der Waals surface area contributed by atoms with E-state index in [-0.39, 0.29) is 11.9 Å². The molecular formula is C17H26N6O3. The Bertz CT molecular complexity index is 728. The third-order valence-electron chi connectivity index (χ3n) is 4.43. The van der Waals surface area contributed by atoms with E-state index in [0.717, 1.165) is 45.0 Å². The number of morpholine rings is 1. The van der Waals surface area contributed by atoms with Gasteiger partial charge in [0.2, 0.25) is 0 Å². The summed E-state index contributed by atoms with van der Waals surface area (Å²) < 4.78 is 12.4. The van der Waals surface area contributed by atoms with Gasteiger partial charge in [-0.15, -0.1) is 0 Å². The number of carbonyl (C=O) groups excluding carboxylic acids is 1. The van der Waals surface area contributed by atoms with Gasteiger partial charge in [-0.1, -0.05) is 6.92 Å². The molecular weight excluding hydrogens is 336 g/mol. The molecule has 9 heteroatoms. The quantitative estimate of drug-likeness (QED) is 0.688. The van der Waals surface area contributed by atoms with Crippen LogP contribution in [0.4, 0.5) is 5.82 Å². The zero-order valence-electron chi connectivity index (χ0n) is 15.3. The van der Waals surface area contributed by atoms with Crippen molar-refractivity contribution in [2.24, 2.45) is 5.92 Å². The summed E-state index contributed by atoms with van der Waals surface area (Å²) in [6, 6.07) is 0. The monoisotopic (exact) mass is 362 g/mol. The summed E-state index contributed by atoms with van der Waals surface area (Å²) in [6.45, 7) is 9.69. The van der Waals surface area contributed by atoms with Crippen molar-refractivity contribution in [2.45, 2.75) is 20.4 Å². The Morgan fingerprint density at radius 2 is 2.12 bits per heavy atom. The number of nitrogens with one attached hydrogen (secondary N) is 1. The largest absolute Gasteiger partial charge is 0.466 e. The van der Waals surface area contributed by atoms with Gasteiger partial charge in [-0.3, -0.25) is 9.69 Å². The van der Waals surface area contributed by atoms with E-state index in [2.05, 4.69) is 25.2 Å². The van der Waals surface area contributed by atoms with Gasteiger partial charge in [0.25, 0.3) is 0 Å². The highest BCUT2D eigenvalue weighted by Crippen LogP contribution is 2.18. The highest BCUT2D eigenvalue weighted by molar-refractivity contribution is 5.83. The van der Waals surface area contributed by atoms with Crippen molar-refractivity contribution < 1.29 is 14.3 Å². The molecule has 1 atom stereocenters. The van der Waals surface area contributed by atoms with E-state index in [4.69, 9.17) is 9.47 Å². The van der Waals surface area contributed by atoms with Crippen LogP contribution in [0.15, 0.2) is 12.7 Å². The molecule has 0 amide bonds. The maximum absolute atomic E-state index is 11.7. The Kier molecular flexibility index (Phi) is 6.35. The standard InChI is InChI=1S/C17H26N6O3/c1-3-26-17(24)13(2)10-18-15-14-16(20-11-19-15)23(12-21-14)5-4-22-6-8-25-9-7-22/h11-13H,3-10H2,1-2H3,(H,18,19,20). The molecule has 0 spiro atoms. The molecule has 3 heterocycles. The molecule has 26 heavy (non-hydrogen) atoms. The second-order valence-electron chi connectivity index (χ2n) is 6.32. The molecule has 3 rings (SSSR count). The summed E-state index contributed by atoms with van der Waals surface area (Å²) >= 11 is 0. The molecule has 0 saturated carbocycles. The van der Waals surface area contributed by atoms with Crippen molar-refractivity contribution in [3.05, 3.63) is 12.7 Å². The van der Waals surface area contributed by atoms with Crippen molar-refractivity contribution in [2.75, 3.05) is 51.3 Å². The molecule has 1 saturated heterocycles. The summed E-state index contributed by atoms with van der Waals surface area (Å²) in [5.74, 6) is 0.154. The third-order valence-corrected chi connectivity index (χ3v) is 4.43. The molecule has 0 bridgehead atoms. The van der Waals surface area contributed by atoms with E-state index in [1.54, 1.807) is 13.3 Å². The van der Waals surface area contributed by atoms with Gasteiger partial charge in [0.05, 0.1) is 32.1 Å². The maximum Gasteiger partial charge on any atom is 0.310 e. The Morgan fingerprint density at radius 3 is 2.88 bits per heavy atom. The normalized spacial score (nSPS) is 16.5. The summed E-state index contributed by atoms with van der Waals surface area (Å²) in [5, 5.41) is 3.19. The lowest BCUT2D eigenvalue weighted by Crippen LogP contribution is -2.38. The second-order valence-corrected chi connectivity index (χ2v) is 6.32. The van der Waals surface area contributed by atoms with E-state index in [0.29, 0.717) is 24.5 Å². The van der Waals surface area contributed by atoms with Gasteiger partial charge in [-0.05, 0) is 6.92 Å². The zero-order valence-corrected chi connectivity index (χ0v) is 15.3. The first-order valence-corrected chi connectivity index (χ1v) is 9.05. The lowest BCUT2D eigenvalue weighted by molar-refractivity contribution is -0.146. The van der Waals surface area contributed by atoms with Gasteiger partial charge in [0.15, 0.2) is 11.5 Å².